The molecule has 2 fully saturated rings. The van der Waals surface area contributed by atoms with Crippen molar-refractivity contribution in [2.45, 2.75) is 37.5 Å². The number of likely N-dealkylation sites (tertiary alicyclic amines) is 2. The van der Waals surface area contributed by atoms with Crippen LogP contribution in [-0.2, 0) is 22.6 Å². The highest BCUT2D eigenvalue weighted by molar-refractivity contribution is 5.79. The summed E-state index contributed by atoms with van der Waals surface area (Å²) in [5, 5.41) is 7.12. The van der Waals surface area contributed by atoms with Crippen molar-refractivity contribution in [3.63, 3.8) is 0 Å². The summed E-state index contributed by atoms with van der Waals surface area (Å²) in [4.78, 5) is 26.0. The number of aliphatic carboxylic acids is 1. The molecule has 2 heterocycles. The Morgan fingerprint density at radius 3 is 2.06 bits per heavy atom. The molecule has 2 aromatic carbocycles. The number of carbonyl (C=O) groups excluding carboxylic acids is 1. The van der Waals surface area contributed by atoms with Crippen molar-refractivity contribution in [3.05, 3.63) is 71.5 Å². The van der Waals surface area contributed by atoms with Gasteiger partial charge in [0.2, 0.25) is 5.91 Å². The van der Waals surface area contributed by atoms with Crippen molar-refractivity contribution < 1.29 is 32.3 Å². The lowest BCUT2D eigenvalue weighted by Crippen LogP contribution is -2.60. The third-order valence-corrected chi connectivity index (χ3v) is 5.93. The molecule has 2 aliphatic rings. The molecule has 1 N–H and O–H groups in total. The van der Waals surface area contributed by atoms with E-state index in [0.29, 0.717) is 6.42 Å². The second-order valence-corrected chi connectivity index (χ2v) is 8.05. The summed E-state index contributed by atoms with van der Waals surface area (Å²) in [6.07, 6.45) is -2.42. The number of benzene rings is 2. The van der Waals surface area contributed by atoms with Crippen LogP contribution in [0.2, 0.25) is 0 Å². The van der Waals surface area contributed by atoms with Gasteiger partial charge in [0.15, 0.2) is 0 Å². The van der Waals surface area contributed by atoms with Crippen LogP contribution in [-0.4, -0.2) is 58.1 Å². The summed E-state index contributed by atoms with van der Waals surface area (Å²) in [6.45, 7) is 3.55. The Hall–Kier alpha value is -2.94. The zero-order valence-corrected chi connectivity index (χ0v) is 17.3. The van der Waals surface area contributed by atoms with Crippen molar-refractivity contribution in [2.24, 2.45) is 0 Å². The van der Waals surface area contributed by atoms with Crippen LogP contribution in [0.3, 0.4) is 0 Å². The second kappa shape index (κ2) is 9.68. The van der Waals surface area contributed by atoms with E-state index in [1.165, 1.54) is 12.1 Å². The maximum Gasteiger partial charge on any atom is 0.490 e. The molecule has 0 saturated carbocycles. The first-order valence-electron chi connectivity index (χ1n) is 10.2. The highest BCUT2D eigenvalue weighted by Crippen LogP contribution is 2.40. The van der Waals surface area contributed by atoms with E-state index in [9.17, 15) is 22.4 Å². The van der Waals surface area contributed by atoms with Crippen LogP contribution in [0.5, 0.6) is 0 Å². The molecule has 172 valence electrons. The van der Waals surface area contributed by atoms with Gasteiger partial charge in [-0.3, -0.25) is 9.69 Å². The van der Waals surface area contributed by atoms with Crippen molar-refractivity contribution in [2.75, 3.05) is 19.6 Å². The molecular weight excluding hydrogens is 428 g/mol. The zero-order chi connectivity index (χ0) is 23.4. The van der Waals surface area contributed by atoms with Crippen molar-refractivity contribution in [1.82, 2.24) is 9.80 Å². The highest BCUT2D eigenvalue weighted by Gasteiger charge is 2.49. The zero-order valence-electron chi connectivity index (χ0n) is 17.3. The average molecular weight is 452 g/mol. The topological polar surface area (TPSA) is 60.9 Å². The first-order valence-corrected chi connectivity index (χ1v) is 10.2. The van der Waals surface area contributed by atoms with E-state index in [1.807, 2.05) is 47.4 Å². The van der Waals surface area contributed by atoms with Crippen molar-refractivity contribution in [3.8, 4) is 0 Å². The Kier molecular flexibility index (Phi) is 7.18. The first-order chi connectivity index (χ1) is 15.1. The predicted octanol–water partition coefficient (Wildman–Crippen LogP) is 3.88. The molecule has 0 radical (unpaired) electrons. The van der Waals surface area contributed by atoms with Gasteiger partial charge in [-0.2, -0.15) is 13.2 Å². The van der Waals surface area contributed by atoms with E-state index in [0.717, 1.165) is 50.1 Å². The number of hydrogen-bond donors (Lipinski definition) is 1. The molecule has 1 spiro atoms. The van der Waals surface area contributed by atoms with Gasteiger partial charge in [0.25, 0.3) is 0 Å². The number of halogens is 4. The summed E-state index contributed by atoms with van der Waals surface area (Å²) in [5.41, 5.74) is 2.33. The summed E-state index contributed by atoms with van der Waals surface area (Å²) in [7, 11) is 0. The van der Waals surface area contributed by atoms with Gasteiger partial charge >= 0.3 is 12.1 Å². The lowest BCUT2D eigenvalue weighted by Gasteiger charge is -2.50. The Morgan fingerprint density at radius 1 is 0.938 bits per heavy atom. The van der Waals surface area contributed by atoms with Gasteiger partial charge in [0.1, 0.15) is 5.82 Å². The lowest BCUT2D eigenvalue weighted by molar-refractivity contribution is -0.192. The molecule has 1 atom stereocenters. The molecule has 5 nitrogen and oxygen atoms in total. The Labute approximate surface area is 183 Å². The SMILES string of the molecule is O=C(Cc1ccccc1)N1CCC2(CCN2Cc2ccc(F)cc2)C1.O=C(O)C(F)(F)F. The molecule has 0 bridgehead atoms. The monoisotopic (exact) mass is 452 g/mol. The van der Waals surface area contributed by atoms with E-state index in [2.05, 4.69) is 4.90 Å². The number of hydrogen-bond acceptors (Lipinski definition) is 3. The minimum atomic E-state index is -5.08. The largest absolute Gasteiger partial charge is 0.490 e. The standard InChI is InChI=1S/C21H23FN2O.C2HF3O2/c22-19-8-6-18(7-9-19)15-24-13-11-21(24)10-12-23(16-21)20(25)14-17-4-2-1-3-5-17;3-2(4,5)1(6)7/h1-9H,10-16H2;(H,6,7). The van der Waals surface area contributed by atoms with E-state index in [1.54, 1.807) is 0 Å². The number of rotatable bonds is 4. The van der Waals surface area contributed by atoms with E-state index < -0.39 is 12.1 Å². The van der Waals surface area contributed by atoms with Crippen LogP contribution >= 0.6 is 0 Å². The minimum absolute atomic E-state index is 0.126. The van der Waals surface area contributed by atoms with Gasteiger partial charge in [0.05, 0.1) is 6.42 Å². The van der Waals surface area contributed by atoms with E-state index in [4.69, 9.17) is 9.90 Å². The third-order valence-electron chi connectivity index (χ3n) is 5.93. The van der Waals surface area contributed by atoms with E-state index >= 15 is 0 Å². The number of alkyl halides is 3. The summed E-state index contributed by atoms with van der Waals surface area (Å²) >= 11 is 0. The normalized spacial score (nSPS) is 20.4. The second-order valence-electron chi connectivity index (χ2n) is 8.05. The maximum absolute atomic E-state index is 13.1. The minimum Gasteiger partial charge on any atom is -0.475 e. The van der Waals surface area contributed by atoms with Crippen LogP contribution in [0.4, 0.5) is 17.6 Å². The molecule has 9 heteroatoms. The highest BCUT2D eigenvalue weighted by atomic mass is 19.4. The number of amides is 1. The summed E-state index contributed by atoms with van der Waals surface area (Å²) in [6, 6.07) is 16.7. The third kappa shape index (κ3) is 5.85. The molecule has 32 heavy (non-hydrogen) atoms. The molecule has 0 aromatic heterocycles. The van der Waals surface area contributed by atoms with Crippen molar-refractivity contribution >= 4 is 11.9 Å². The van der Waals surface area contributed by atoms with Gasteiger partial charge in [-0.25, -0.2) is 9.18 Å². The molecule has 2 aromatic rings. The molecular formula is C23H24F4N2O3. The number of carbonyl (C=O) groups is 2. The average Bonchev–Trinajstić information content (AvgIpc) is 3.21. The Balaban J connectivity index is 0.000000360. The summed E-state index contributed by atoms with van der Waals surface area (Å²) in [5.74, 6) is -2.73. The van der Waals surface area contributed by atoms with Gasteiger partial charge < -0.3 is 10.0 Å². The number of carboxylic acid groups (broad SMARTS) is 1. The number of carboxylic acids is 1. The predicted molar refractivity (Wildman–Crippen MR) is 109 cm³/mol. The lowest BCUT2D eigenvalue weighted by atomic mass is 9.83. The van der Waals surface area contributed by atoms with Crippen LogP contribution < -0.4 is 0 Å². The molecule has 1 amide bonds. The quantitative estimate of drug-likeness (QED) is 0.716. The van der Waals surface area contributed by atoms with Gasteiger partial charge in [-0.1, -0.05) is 42.5 Å². The van der Waals surface area contributed by atoms with E-state index in [-0.39, 0.29) is 17.3 Å². The molecule has 4 rings (SSSR count). The van der Waals surface area contributed by atoms with Gasteiger partial charge in [-0.15, -0.1) is 0 Å². The van der Waals surface area contributed by atoms with Crippen LogP contribution in [0.25, 0.3) is 0 Å². The molecule has 2 aliphatic heterocycles. The smallest absolute Gasteiger partial charge is 0.475 e. The Morgan fingerprint density at radius 2 is 1.53 bits per heavy atom. The maximum atomic E-state index is 13.1. The Bertz CT molecular complexity index is 935. The van der Waals surface area contributed by atoms with Crippen LogP contribution in [0, 0.1) is 5.82 Å². The summed E-state index contributed by atoms with van der Waals surface area (Å²) < 4.78 is 44.8. The van der Waals surface area contributed by atoms with Crippen molar-refractivity contribution in [1.29, 1.82) is 0 Å². The fourth-order valence-electron chi connectivity index (χ4n) is 4.06. The van der Waals surface area contributed by atoms with Crippen LogP contribution in [0.1, 0.15) is 24.0 Å². The number of nitrogens with zero attached hydrogens (tertiary/aromatic N) is 2. The van der Waals surface area contributed by atoms with Gasteiger partial charge in [0, 0.05) is 31.7 Å². The molecule has 0 aliphatic carbocycles. The molecule has 2 saturated heterocycles. The van der Waals surface area contributed by atoms with Gasteiger partial charge in [-0.05, 0) is 36.1 Å². The first kappa shape index (κ1) is 23.7. The fourth-order valence-corrected chi connectivity index (χ4v) is 4.06. The van der Waals surface area contributed by atoms with Crippen LogP contribution in [0.15, 0.2) is 54.6 Å². The molecule has 1 unspecified atom stereocenters. The fraction of sp³-hybridized carbons (Fsp3) is 0.391.